The Morgan fingerprint density at radius 1 is 1.53 bits per heavy atom. The minimum atomic E-state index is -0.407. The first-order chi connectivity index (χ1) is 6.92. The number of nitrogens with two attached hydrogens (primary N) is 1. The minimum Gasteiger partial charge on any atom is -0.444 e. The quantitative estimate of drug-likeness (QED) is 0.703. The molecule has 1 fully saturated rings. The summed E-state index contributed by atoms with van der Waals surface area (Å²) in [5, 5.41) is 0. The first-order valence-corrected chi connectivity index (χ1v) is 5.27. The van der Waals surface area contributed by atoms with Gasteiger partial charge in [0, 0.05) is 25.6 Å². The van der Waals surface area contributed by atoms with Crippen LogP contribution in [0.25, 0.3) is 0 Å². The zero-order chi connectivity index (χ0) is 11.5. The third-order valence-electron chi connectivity index (χ3n) is 2.11. The van der Waals surface area contributed by atoms with Crippen molar-refractivity contribution in [3.05, 3.63) is 12.2 Å². The van der Waals surface area contributed by atoms with Gasteiger partial charge in [-0.15, -0.1) is 0 Å². The van der Waals surface area contributed by atoms with Gasteiger partial charge in [0.15, 0.2) is 0 Å². The Bertz CT molecular complexity index is 250. The second-order valence-electron chi connectivity index (χ2n) is 4.81. The summed E-state index contributed by atoms with van der Waals surface area (Å²) in [5.41, 5.74) is 4.93. The van der Waals surface area contributed by atoms with Crippen molar-refractivity contribution in [3.63, 3.8) is 0 Å². The Morgan fingerprint density at radius 2 is 2.13 bits per heavy atom. The first-order valence-electron chi connectivity index (χ1n) is 5.27. The van der Waals surface area contributed by atoms with E-state index in [9.17, 15) is 4.79 Å². The molecule has 0 bridgehead atoms. The molecule has 0 aromatic heterocycles. The smallest absolute Gasteiger partial charge is 0.410 e. The fourth-order valence-corrected chi connectivity index (χ4v) is 1.38. The fourth-order valence-electron chi connectivity index (χ4n) is 1.38. The van der Waals surface area contributed by atoms with Gasteiger partial charge in [-0.3, -0.25) is 0 Å². The normalized spacial score (nSPS) is 18.0. The Labute approximate surface area is 91.1 Å². The molecule has 1 saturated heterocycles. The minimum absolute atomic E-state index is 0.222. The Hall–Kier alpha value is -1.03. The highest BCUT2D eigenvalue weighted by Gasteiger charge is 2.31. The van der Waals surface area contributed by atoms with Crippen molar-refractivity contribution < 1.29 is 9.53 Å². The van der Waals surface area contributed by atoms with Crippen LogP contribution in [-0.4, -0.2) is 36.2 Å². The summed E-state index contributed by atoms with van der Waals surface area (Å²) in [6.07, 6.45) is 3.76. The lowest BCUT2D eigenvalue weighted by molar-refractivity contribution is 0.00491. The summed E-state index contributed by atoms with van der Waals surface area (Å²) in [6.45, 7) is 7.66. The van der Waals surface area contributed by atoms with Crippen LogP contribution >= 0.6 is 0 Å². The van der Waals surface area contributed by atoms with Crippen LogP contribution < -0.4 is 5.73 Å². The van der Waals surface area contributed by atoms with Gasteiger partial charge in [-0.05, 0) is 20.8 Å². The van der Waals surface area contributed by atoms with Crippen molar-refractivity contribution in [2.24, 2.45) is 11.7 Å². The van der Waals surface area contributed by atoms with E-state index in [1.54, 1.807) is 4.90 Å². The molecule has 2 N–H and O–H groups in total. The molecule has 0 radical (unpaired) electrons. The molecule has 0 aromatic carbocycles. The molecule has 1 aliphatic heterocycles. The SMILES string of the molecule is CC(C)(C)OC(=O)N1CC(/C=C/CN)C1. The molecule has 15 heavy (non-hydrogen) atoms. The molecule has 1 aliphatic rings. The Kier molecular flexibility index (Phi) is 3.74. The van der Waals surface area contributed by atoms with Crippen LogP contribution in [0.5, 0.6) is 0 Å². The van der Waals surface area contributed by atoms with Crippen molar-refractivity contribution >= 4 is 6.09 Å². The molecular formula is C11H20N2O2. The van der Waals surface area contributed by atoms with E-state index in [2.05, 4.69) is 6.08 Å². The van der Waals surface area contributed by atoms with Gasteiger partial charge in [0.05, 0.1) is 0 Å². The van der Waals surface area contributed by atoms with Crippen LogP contribution in [0.4, 0.5) is 4.79 Å². The number of amides is 1. The summed E-state index contributed by atoms with van der Waals surface area (Å²) >= 11 is 0. The van der Waals surface area contributed by atoms with Crippen LogP contribution in [0.1, 0.15) is 20.8 Å². The fraction of sp³-hybridized carbons (Fsp3) is 0.727. The topological polar surface area (TPSA) is 55.6 Å². The molecule has 0 spiro atoms. The highest BCUT2D eigenvalue weighted by Crippen LogP contribution is 2.20. The van der Waals surface area contributed by atoms with Crippen LogP contribution in [0.2, 0.25) is 0 Å². The van der Waals surface area contributed by atoms with Gasteiger partial charge in [0.1, 0.15) is 5.60 Å². The van der Waals surface area contributed by atoms with Gasteiger partial charge < -0.3 is 15.4 Å². The number of rotatable bonds is 2. The van der Waals surface area contributed by atoms with Crippen molar-refractivity contribution in [2.45, 2.75) is 26.4 Å². The van der Waals surface area contributed by atoms with Gasteiger partial charge in [-0.2, -0.15) is 0 Å². The molecule has 4 heteroatoms. The summed E-state index contributed by atoms with van der Waals surface area (Å²) in [5.74, 6) is 0.445. The number of likely N-dealkylation sites (tertiary alicyclic amines) is 1. The molecule has 0 unspecified atom stereocenters. The largest absolute Gasteiger partial charge is 0.444 e. The maximum absolute atomic E-state index is 11.5. The highest BCUT2D eigenvalue weighted by atomic mass is 16.6. The van der Waals surface area contributed by atoms with Gasteiger partial charge >= 0.3 is 6.09 Å². The van der Waals surface area contributed by atoms with Gasteiger partial charge in [0.2, 0.25) is 0 Å². The molecule has 0 aliphatic carbocycles. The number of hydrogen-bond acceptors (Lipinski definition) is 3. The maximum atomic E-state index is 11.5. The lowest BCUT2D eigenvalue weighted by atomic mass is 10.0. The number of nitrogens with zero attached hydrogens (tertiary/aromatic N) is 1. The molecule has 4 nitrogen and oxygen atoms in total. The van der Waals surface area contributed by atoms with Crippen LogP contribution in [0, 0.1) is 5.92 Å². The Morgan fingerprint density at radius 3 is 2.60 bits per heavy atom. The number of ether oxygens (including phenoxy) is 1. The lowest BCUT2D eigenvalue weighted by Gasteiger charge is -2.38. The van der Waals surface area contributed by atoms with Crippen molar-refractivity contribution in [2.75, 3.05) is 19.6 Å². The predicted octanol–water partition coefficient (Wildman–Crippen LogP) is 1.37. The maximum Gasteiger partial charge on any atom is 0.410 e. The zero-order valence-corrected chi connectivity index (χ0v) is 9.69. The summed E-state index contributed by atoms with van der Waals surface area (Å²) in [4.78, 5) is 13.2. The monoisotopic (exact) mass is 212 g/mol. The molecule has 1 heterocycles. The van der Waals surface area contributed by atoms with Crippen LogP contribution in [0.15, 0.2) is 12.2 Å². The molecule has 86 valence electrons. The van der Waals surface area contributed by atoms with Crippen molar-refractivity contribution in [3.8, 4) is 0 Å². The Balaban J connectivity index is 2.27. The average molecular weight is 212 g/mol. The molecule has 1 amide bonds. The summed E-state index contributed by atoms with van der Waals surface area (Å²) < 4.78 is 5.23. The van der Waals surface area contributed by atoms with Gasteiger partial charge in [-0.1, -0.05) is 12.2 Å². The number of carbonyl (C=O) groups is 1. The molecule has 1 rings (SSSR count). The standard InChI is InChI=1S/C11H20N2O2/c1-11(2,3)15-10(14)13-7-9(8-13)5-4-6-12/h4-5,9H,6-8,12H2,1-3H3/b5-4+. The predicted molar refractivity (Wildman–Crippen MR) is 59.5 cm³/mol. The van der Waals surface area contributed by atoms with E-state index < -0.39 is 5.60 Å². The highest BCUT2D eigenvalue weighted by molar-refractivity contribution is 5.69. The zero-order valence-electron chi connectivity index (χ0n) is 9.69. The van der Waals surface area contributed by atoms with E-state index >= 15 is 0 Å². The van der Waals surface area contributed by atoms with E-state index in [0.717, 1.165) is 13.1 Å². The lowest BCUT2D eigenvalue weighted by Crippen LogP contribution is -2.50. The van der Waals surface area contributed by atoms with E-state index in [0.29, 0.717) is 12.5 Å². The second kappa shape index (κ2) is 4.66. The second-order valence-corrected chi connectivity index (χ2v) is 4.81. The molecule has 0 atom stereocenters. The number of hydrogen-bond donors (Lipinski definition) is 1. The van der Waals surface area contributed by atoms with Crippen molar-refractivity contribution in [1.29, 1.82) is 0 Å². The van der Waals surface area contributed by atoms with E-state index in [4.69, 9.17) is 10.5 Å². The molecule has 0 aromatic rings. The first kappa shape index (κ1) is 12.0. The van der Waals surface area contributed by atoms with E-state index in [1.165, 1.54) is 0 Å². The van der Waals surface area contributed by atoms with Crippen LogP contribution in [-0.2, 0) is 4.74 Å². The molecule has 0 saturated carbocycles. The molecular weight excluding hydrogens is 192 g/mol. The van der Waals surface area contributed by atoms with Crippen LogP contribution in [0.3, 0.4) is 0 Å². The van der Waals surface area contributed by atoms with Crippen molar-refractivity contribution in [1.82, 2.24) is 4.90 Å². The summed E-state index contributed by atoms with van der Waals surface area (Å²) in [6, 6.07) is 0. The van der Waals surface area contributed by atoms with E-state index in [-0.39, 0.29) is 6.09 Å². The van der Waals surface area contributed by atoms with Gasteiger partial charge in [0.25, 0.3) is 0 Å². The third kappa shape index (κ3) is 3.91. The average Bonchev–Trinajstić information content (AvgIpc) is 1.98. The number of carbonyl (C=O) groups excluding carboxylic acids is 1. The third-order valence-corrected chi connectivity index (χ3v) is 2.11. The van der Waals surface area contributed by atoms with Gasteiger partial charge in [-0.25, -0.2) is 4.79 Å². The summed E-state index contributed by atoms with van der Waals surface area (Å²) in [7, 11) is 0. The van der Waals surface area contributed by atoms with E-state index in [1.807, 2.05) is 26.8 Å².